The molecule has 29 heavy (non-hydrogen) atoms. The first-order valence-corrected chi connectivity index (χ1v) is 10.1. The number of piperazine rings is 1. The quantitative estimate of drug-likeness (QED) is 0.692. The molecule has 1 aromatic heterocycles. The second-order valence-electron chi connectivity index (χ2n) is 7.80. The van der Waals surface area contributed by atoms with Crippen molar-refractivity contribution in [3.05, 3.63) is 59.9 Å². The fourth-order valence-corrected chi connectivity index (χ4v) is 3.69. The Morgan fingerprint density at radius 1 is 1.07 bits per heavy atom. The van der Waals surface area contributed by atoms with Crippen molar-refractivity contribution in [2.45, 2.75) is 19.9 Å². The molecule has 0 spiro atoms. The molecule has 1 atom stereocenters. The first-order valence-electron chi connectivity index (χ1n) is 10.1. The minimum atomic E-state index is -0.242. The van der Waals surface area contributed by atoms with Gasteiger partial charge in [-0.2, -0.15) is 0 Å². The molecule has 2 aromatic carbocycles. The highest BCUT2D eigenvalue weighted by Gasteiger charge is 2.17. The summed E-state index contributed by atoms with van der Waals surface area (Å²) in [4.78, 5) is 17.2. The van der Waals surface area contributed by atoms with E-state index in [9.17, 15) is 4.79 Å². The summed E-state index contributed by atoms with van der Waals surface area (Å²) in [7, 11) is 2.15. The third kappa shape index (κ3) is 4.38. The first kappa shape index (κ1) is 19.3. The summed E-state index contributed by atoms with van der Waals surface area (Å²) in [6.07, 6.45) is 0. The lowest BCUT2D eigenvalue weighted by atomic mass is 10.1. The van der Waals surface area contributed by atoms with Crippen molar-refractivity contribution in [3.63, 3.8) is 0 Å². The number of amides is 2. The van der Waals surface area contributed by atoms with Gasteiger partial charge in [0, 0.05) is 42.9 Å². The van der Waals surface area contributed by atoms with E-state index in [0.717, 1.165) is 54.2 Å². The van der Waals surface area contributed by atoms with E-state index in [0.29, 0.717) is 0 Å². The molecule has 0 bridgehead atoms. The normalized spacial score (nSPS) is 16.0. The van der Waals surface area contributed by atoms with E-state index in [1.165, 1.54) is 5.69 Å². The highest BCUT2D eigenvalue weighted by atomic mass is 16.3. The van der Waals surface area contributed by atoms with Crippen LogP contribution in [0.4, 0.5) is 16.2 Å². The number of urea groups is 1. The summed E-state index contributed by atoms with van der Waals surface area (Å²) in [6, 6.07) is 15.5. The van der Waals surface area contributed by atoms with Gasteiger partial charge in [-0.05, 0) is 56.8 Å². The number of hydrogen-bond acceptors (Lipinski definition) is 4. The number of para-hydroxylation sites is 1. The third-order valence-corrected chi connectivity index (χ3v) is 5.55. The van der Waals surface area contributed by atoms with E-state index in [-0.39, 0.29) is 12.1 Å². The van der Waals surface area contributed by atoms with E-state index in [4.69, 9.17) is 4.42 Å². The van der Waals surface area contributed by atoms with Crippen molar-refractivity contribution in [2.24, 2.45) is 0 Å². The maximum absolute atomic E-state index is 12.5. The maximum Gasteiger partial charge on any atom is 0.319 e. The van der Waals surface area contributed by atoms with Gasteiger partial charge in [0.15, 0.2) is 0 Å². The van der Waals surface area contributed by atoms with Crippen molar-refractivity contribution in [1.29, 1.82) is 0 Å². The van der Waals surface area contributed by atoms with Gasteiger partial charge in [0.2, 0.25) is 0 Å². The zero-order valence-corrected chi connectivity index (χ0v) is 17.2. The van der Waals surface area contributed by atoms with Crippen molar-refractivity contribution < 1.29 is 9.21 Å². The summed E-state index contributed by atoms with van der Waals surface area (Å²) < 4.78 is 5.84. The van der Waals surface area contributed by atoms with Crippen molar-refractivity contribution >= 4 is 28.4 Å². The van der Waals surface area contributed by atoms with Gasteiger partial charge in [-0.3, -0.25) is 0 Å². The molecule has 6 nitrogen and oxygen atoms in total. The predicted molar refractivity (Wildman–Crippen MR) is 118 cm³/mol. The van der Waals surface area contributed by atoms with E-state index < -0.39 is 0 Å². The Hall–Kier alpha value is -2.99. The summed E-state index contributed by atoms with van der Waals surface area (Å²) in [5.41, 5.74) is 3.90. The number of nitrogens with one attached hydrogen (secondary N) is 2. The van der Waals surface area contributed by atoms with Crippen molar-refractivity contribution in [2.75, 3.05) is 43.4 Å². The Morgan fingerprint density at radius 3 is 2.55 bits per heavy atom. The van der Waals surface area contributed by atoms with Gasteiger partial charge in [0.05, 0.1) is 6.04 Å². The summed E-state index contributed by atoms with van der Waals surface area (Å²) in [5.74, 6) is 0.739. The van der Waals surface area contributed by atoms with Gasteiger partial charge in [-0.1, -0.05) is 18.2 Å². The highest BCUT2D eigenvalue weighted by molar-refractivity contribution is 5.90. The first-order chi connectivity index (χ1) is 14.0. The molecule has 0 radical (unpaired) electrons. The lowest BCUT2D eigenvalue weighted by Crippen LogP contribution is -2.44. The molecule has 1 aliphatic heterocycles. The molecule has 152 valence electrons. The molecule has 1 fully saturated rings. The number of hydrogen-bond donors (Lipinski definition) is 2. The van der Waals surface area contributed by atoms with Crippen LogP contribution in [0.2, 0.25) is 0 Å². The molecule has 2 N–H and O–H groups in total. The molecule has 2 heterocycles. The number of benzene rings is 2. The predicted octanol–water partition coefficient (Wildman–Crippen LogP) is 4.38. The molecule has 4 rings (SSSR count). The molecule has 3 aromatic rings. The summed E-state index contributed by atoms with van der Waals surface area (Å²) in [5, 5.41) is 6.95. The average Bonchev–Trinajstić information content (AvgIpc) is 3.14. The van der Waals surface area contributed by atoms with Gasteiger partial charge in [0.25, 0.3) is 0 Å². The van der Waals surface area contributed by atoms with Crippen LogP contribution in [-0.2, 0) is 0 Å². The number of furan rings is 1. The van der Waals surface area contributed by atoms with Gasteiger partial charge in [-0.25, -0.2) is 4.79 Å². The zero-order valence-electron chi connectivity index (χ0n) is 17.2. The second kappa shape index (κ2) is 8.17. The molecule has 1 saturated heterocycles. The number of carbonyl (C=O) groups is 1. The molecule has 0 aliphatic carbocycles. The smallest absolute Gasteiger partial charge is 0.319 e. The fourth-order valence-electron chi connectivity index (χ4n) is 3.69. The minimum absolute atomic E-state index is 0.229. The van der Waals surface area contributed by atoms with Gasteiger partial charge in [-0.15, -0.1) is 0 Å². The SMILES string of the molecule is Cc1cc(N2CCN(C)CC2)ccc1NC(=O)NC(C)c1cc2ccccc2o1. The van der Waals surface area contributed by atoms with E-state index >= 15 is 0 Å². The van der Waals surface area contributed by atoms with Crippen LogP contribution in [0, 0.1) is 6.92 Å². The number of carbonyl (C=O) groups excluding carboxylic acids is 1. The molecule has 0 saturated carbocycles. The zero-order chi connectivity index (χ0) is 20.4. The van der Waals surface area contributed by atoms with Crippen LogP contribution in [0.5, 0.6) is 0 Å². The number of likely N-dealkylation sites (N-methyl/N-ethyl adjacent to an activating group) is 1. The largest absolute Gasteiger partial charge is 0.459 e. The van der Waals surface area contributed by atoms with Crippen LogP contribution in [0.1, 0.15) is 24.3 Å². The monoisotopic (exact) mass is 392 g/mol. The van der Waals surface area contributed by atoms with Crippen LogP contribution < -0.4 is 15.5 Å². The maximum atomic E-state index is 12.5. The molecule has 6 heteroatoms. The van der Waals surface area contributed by atoms with Crippen LogP contribution >= 0.6 is 0 Å². The molecule has 2 amide bonds. The standard InChI is InChI=1S/C23H28N4O2/c1-16-14-19(27-12-10-26(3)11-13-27)8-9-20(16)25-23(28)24-17(2)22-15-18-6-4-5-7-21(18)29-22/h4-9,14-15,17H,10-13H2,1-3H3,(H2,24,25,28). The summed E-state index contributed by atoms with van der Waals surface area (Å²) >= 11 is 0. The average molecular weight is 393 g/mol. The molecular weight excluding hydrogens is 364 g/mol. The van der Waals surface area contributed by atoms with E-state index in [2.05, 4.69) is 39.6 Å². The highest BCUT2D eigenvalue weighted by Crippen LogP contribution is 2.25. The fraction of sp³-hybridized carbons (Fsp3) is 0.348. The van der Waals surface area contributed by atoms with Gasteiger partial charge < -0.3 is 24.9 Å². The number of rotatable bonds is 4. The van der Waals surface area contributed by atoms with Gasteiger partial charge >= 0.3 is 6.03 Å². The Labute approximate surface area is 171 Å². The minimum Gasteiger partial charge on any atom is -0.459 e. The van der Waals surface area contributed by atoms with Crippen molar-refractivity contribution in [3.8, 4) is 0 Å². The Bertz CT molecular complexity index is 972. The van der Waals surface area contributed by atoms with E-state index in [1.54, 1.807) is 0 Å². The lowest BCUT2D eigenvalue weighted by molar-refractivity contribution is 0.248. The van der Waals surface area contributed by atoms with Crippen LogP contribution in [0.15, 0.2) is 52.9 Å². The number of anilines is 2. The molecular formula is C23H28N4O2. The van der Waals surface area contributed by atoms with Crippen LogP contribution in [0.3, 0.4) is 0 Å². The summed E-state index contributed by atoms with van der Waals surface area (Å²) in [6.45, 7) is 8.14. The van der Waals surface area contributed by atoms with E-state index in [1.807, 2.05) is 50.2 Å². The Kier molecular flexibility index (Phi) is 5.45. The van der Waals surface area contributed by atoms with Crippen LogP contribution in [-0.4, -0.2) is 44.2 Å². The second-order valence-corrected chi connectivity index (χ2v) is 7.80. The number of aryl methyl sites for hydroxylation is 1. The number of nitrogens with zero attached hydrogens (tertiary/aromatic N) is 2. The lowest BCUT2D eigenvalue weighted by Gasteiger charge is -2.34. The Balaban J connectivity index is 1.38. The molecule has 1 unspecified atom stereocenters. The van der Waals surface area contributed by atoms with Crippen molar-refractivity contribution in [1.82, 2.24) is 10.2 Å². The third-order valence-electron chi connectivity index (χ3n) is 5.55. The molecule has 1 aliphatic rings. The number of fused-ring (bicyclic) bond motifs is 1. The van der Waals surface area contributed by atoms with Crippen LogP contribution in [0.25, 0.3) is 11.0 Å². The Morgan fingerprint density at radius 2 is 1.83 bits per heavy atom. The topological polar surface area (TPSA) is 60.8 Å². The van der Waals surface area contributed by atoms with Gasteiger partial charge in [0.1, 0.15) is 11.3 Å².